The van der Waals surface area contributed by atoms with Crippen molar-refractivity contribution in [3.8, 4) is 11.6 Å². The van der Waals surface area contributed by atoms with Gasteiger partial charge in [0.25, 0.3) is 5.89 Å². The molecule has 1 aromatic carbocycles. The van der Waals surface area contributed by atoms with Gasteiger partial charge in [0.2, 0.25) is 0 Å². The molecule has 3 aromatic rings. The number of aromatic nitrogens is 3. The average molecular weight is 368 g/mol. The number of benzene rings is 1. The SMILES string of the molecule is C[C@@H](NC(=O)c1nnc(-c2cscn2)o1)c1cccc(C(F)(F)F)c1. The van der Waals surface area contributed by atoms with Gasteiger partial charge in [0, 0.05) is 5.38 Å². The summed E-state index contributed by atoms with van der Waals surface area (Å²) in [6.45, 7) is 1.56. The fourth-order valence-corrected chi connectivity index (χ4v) is 2.59. The quantitative estimate of drug-likeness (QED) is 0.759. The Balaban J connectivity index is 1.73. The summed E-state index contributed by atoms with van der Waals surface area (Å²) in [7, 11) is 0. The van der Waals surface area contributed by atoms with Crippen LogP contribution in [-0.2, 0) is 6.18 Å². The van der Waals surface area contributed by atoms with E-state index >= 15 is 0 Å². The number of carbonyl (C=O) groups excluding carboxylic acids is 1. The Morgan fingerprint density at radius 2 is 2.12 bits per heavy atom. The van der Waals surface area contributed by atoms with E-state index in [9.17, 15) is 18.0 Å². The van der Waals surface area contributed by atoms with Crippen LogP contribution in [0, 0.1) is 0 Å². The fourth-order valence-electron chi connectivity index (χ4n) is 2.06. The van der Waals surface area contributed by atoms with Crippen LogP contribution in [0.3, 0.4) is 0 Å². The van der Waals surface area contributed by atoms with Crippen molar-refractivity contribution in [1.82, 2.24) is 20.5 Å². The van der Waals surface area contributed by atoms with Crippen molar-refractivity contribution in [1.29, 1.82) is 0 Å². The van der Waals surface area contributed by atoms with Crippen LogP contribution in [0.2, 0.25) is 0 Å². The molecule has 0 saturated carbocycles. The van der Waals surface area contributed by atoms with Crippen molar-refractivity contribution in [2.75, 3.05) is 0 Å². The molecule has 0 aliphatic carbocycles. The molecule has 0 bridgehead atoms. The summed E-state index contributed by atoms with van der Waals surface area (Å²) in [5, 5.41) is 11.6. The van der Waals surface area contributed by atoms with E-state index in [4.69, 9.17) is 4.42 Å². The zero-order valence-electron chi connectivity index (χ0n) is 12.7. The van der Waals surface area contributed by atoms with Crippen molar-refractivity contribution in [2.24, 2.45) is 0 Å². The molecule has 0 spiro atoms. The van der Waals surface area contributed by atoms with E-state index in [0.29, 0.717) is 11.3 Å². The minimum atomic E-state index is -4.45. The second-order valence-corrected chi connectivity index (χ2v) is 5.82. The number of amides is 1. The minimum absolute atomic E-state index is 0.0955. The van der Waals surface area contributed by atoms with Crippen molar-refractivity contribution in [3.63, 3.8) is 0 Å². The number of hydrogen-bond donors (Lipinski definition) is 1. The first-order valence-electron chi connectivity index (χ1n) is 7.04. The smallest absolute Gasteiger partial charge is 0.411 e. The molecular formula is C15H11F3N4O2S. The van der Waals surface area contributed by atoms with Gasteiger partial charge in [-0.1, -0.05) is 12.1 Å². The monoisotopic (exact) mass is 368 g/mol. The first-order valence-corrected chi connectivity index (χ1v) is 7.99. The highest BCUT2D eigenvalue weighted by Gasteiger charge is 2.31. The molecule has 10 heteroatoms. The second kappa shape index (κ2) is 6.63. The Morgan fingerprint density at radius 1 is 1.32 bits per heavy atom. The molecule has 0 saturated heterocycles. The van der Waals surface area contributed by atoms with Crippen LogP contribution < -0.4 is 5.32 Å². The number of carbonyl (C=O) groups is 1. The Bertz CT molecular complexity index is 877. The fraction of sp³-hybridized carbons (Fsp3) is 0.200. The number of rotatable bonds is 4. The van der Waals surface area contributed by atoms with E-state index in [1.165, 1.54) is 23.5 Å². The molecule has 6 nitrogen and oxygen atoms in total. The van der Waals surface area contributed by atoms with E-state index in [0.717, 1.165) is 12.1 Å². The summed E-state index contributed by atoms with van der Waals surface area (Å²) in [5.41, 5.74) is 1.55. The average Bonchev–Trinajstić information content (AvgIpc) is 3.25. The molecule has 1 N–H and O–H groups in total. The molecule has 2 aromatic heterocycles. The number of nitrogens with one attached hydrogen (secondary N) is 1. The van der Waals surface area contributed by atoms with Gasteiger partial charge in [-0.15, -0.1) is 21.5 Å². The molecule has 1 atom stereocenters. The third-order valence-electron chi connectivity index (χ3n) is 3.33. The van der Waals surface area contributed by atoms with Gasteiger partial charge in [0.15, 0.2) is 0 Å². The summed E-state index contributed by atoms with van der Waals surface area (Å²) in [6, 6.07) is 4.06. The van der Waals surface area contributed by atoms with Crippen LogP contribution in [-0.4, -0.2) is 21.1 Å². The molecule has 0 aliphatic heterocycles. The van der Waals surface area contributed by atoms with E-state index in [-0.39, 0.29) is 11.8 Å². The Labute approximate surface area is 143 Å². The van der Waals surface area contributed by atoms with Gasteiger partial charge in [0.1, 0.15) is 5.69 Å². The van der Waals surface area contributed by atoms with E-state index in [2.05, 4.69) is 20.5 Å². The topological polar surface area (TPSA) is 80.9 Å². The summed E-state index contributed by atoms with van der Waals surface area (Å²) in [4.78, 5) is 16.1. The van der Waals surface area contributed by atoms with E-state index < -0.39 is 23.7 Å². The van der Waals surface area contributed by atoms with Crippen LogP contribution in [0.25, 0.3) is 11.6 Å². The van der Waals surface area contributed by atoms with Gasteiger partial charge in [-0.25, -0.2) is 4.98 Å². The Hall–Kier alpha value is -2.75. The molecule has 0 unspecified atom stereocenters. The zero-order valence-corrected chi connectivity index (χ0v) is 13.6. The van der Waals surface area contributed by atoms with E-state index in [1.54, 1.807) is 17.8 Å². The predicted molar refractivity (Wildman–Crippen MR) is 82.7 cm³/mol. The Morgan fingerprint density at radius 3 is 2.80 bits per heavy atom. The van der Waals surface area contributed by atoms with Gasteiger partial charge in [-0.05, 0) is 24.6 Å². The van der Waals surface area contributed by atoms with Gasteiger partial charge >= 0.3 is 18.0 Å². The lowest BCUT2D eigenvalue weighted by atomic mass is 10.0. The lowest BCUT2D eigenvalue weighted by molar-refractivity contribution is -0.137. The maximum Gasteiger partial charge on any atom is 0.416 e. The second-order valence-electron chi connectivity index (χ2n) is 5.10. The molecule has 130 valence electrons. The molecule has 2 heterocycles. The third kappa shape index (κ3) is 3.85. The van der Waals surface area contributed by atoms with Gasteiger partial charge in [0.05, 0.1) is 17.1 Å². The summed E-state index contributed by atoms with van der Waals surface area (Å²) in [5.74, 6) is -0.876. The van der Waals surface area contributed by atoms with E-state index in [1.807, 2.05) is 0 Å². The third-order valence-corrected chi connectivity index (χ3v) is 3.92. The summed E-state index contributed by atoms with van der Waals surface area (Å²) < 4.78 is 43.5. The highest BCUT2D eigenvalue weighted by molar-refractivity contribution is 7.07. The van der Waals surface area contributed by atoms with Crippen LogP contribution in [0.15, 0.2) is 39.6 Å². The zero-order chi connectivity index (χ0) is 18.0. The molecule has 0 aliphatic rings. The van der Waals surface area contributed by atoms with Crippen LogP contribution in [0.4, 0.5) is 13.2 Å². The standard InChI is InChI=1S/C15H11F3N4O2S/c1-8(9-3-2-4-10(5-9)15(16,17)18)20-12(23)14-22-21-13(24-14)11-6-25-7-19-11/h2-8H,1H3,(H,20,23)/t8-/m1/s1. The maximum atomic E-state index is 12.8. The Kier molecular flexibility index (Phi) is 4.53. The normalized spacial score (nSPS) is 12.8. The lowest BCUT2D eigenvalue weighted by Crippen LogP contribution is -2.27. The van der Waals surface area contributed by atoms with Crippen LogP contribution in [0.5, 0.6) is 0 Å². The van der Waals surface area contributed by atoms with Gasteiger partial charge in [-0.3, -0.25) is 4.79 Å². The molecule has 0 fully saturated rings. The molecular weight excluding hydrogens is 357 g/mol. The first kappa shape index (κ1) is 17.1. The number of nitrogens with zero attached hydrogens (tertiary/aromatic N) is 3. The number of hydrogen-bond acceptors (Lipinski definition) is 6. The molecule has 0 radical (unpaired) electrons. The van der Waals surface area contributed by atoms with Crippen molar-refractivity contribution < 1.29 is 22.4 Å². The number of thiazole rings is 1. The van der Waals surface area contributed by atoms with Crippen molar-refractivity contribution in [2.45, 2.75) is 19.1 Å². The molecule has 25 heavy (non-hydrogen) atoms. The first-order chi connectivity index (χ1) is 11.8. The van der Waals surface area contributed by atoms with Gasteiger partial charge < -0.3 is 9.73 Å². The predicted octanol–water partition coefficient (Wildman–Crippen LogP) is 3.70. The number of halogens is 3. The molecule has 1 amide bonds. The largest absolute Gasteiger partial charge is 0.416 e. The van der Waals surface area contributed by atoms with Crippen LogP contribution >= 0.6 is 11.3 Å². The number of alkyl halides is 3. The minimum Gasteiger partial charge on any atom is -0.411 e. The van der Waals surface area contributed by atoms with Crippen molar-refractivity contribution in [3.05, 3.63) is 52.2 Å². The highest BCUT2D eigenvalue weighted by Crippen LogP contribution is 2.30. The van der Waals surface area contributed by atoms with Crippen molar-refractivity contribution >= 4 is 17.2 Å². The maximum absolute atomic E-state index is 12.8. The van der Waals surface area contributed by atoms with Crippen LogP contribution in [0.1, 0.15) is 34.8 Å². The molecule has 3 rings (SSSR count). The summed E-state index contributed by atoms with van der Waals surface area (Å²) in [6.07, 6.45) is -4.45. The highest BCUT2D eigenvalue weighted by atomic mass is 32.1. The lowest BCUT2D eigenvalue weighted by Gasteiger charge is -2.15. The summed E-state index contributed by atoms with van der Waals surface area (Å²) >= 11 is 1.33. The van der Waals surface area contributed by atoms with Gasteiger partial charge in [-0.2, -0.15) is 13.2 Å².